The van der Waals surface area contributed by atoms with E-state index in [1.807, 2.05) is 0 Å². The van der Waals surface area contributed by atoms with E-state index in [0.29, 0.717) is 11.3 Å². The van der Waals surface area contributed by atoms with Gasteiger partial charge in [-0.1, -0.05) is 0 Å². The van der Waals surface area contributed by atoms with Gasteiger partial charge in [0.05, 0.1) is 19.8 Å². The van der Waals surface area contributed by atoms with Crippen LogP contribution in [0.15, 0.2) is 12.1 Å². The molecule has 76 valence electrons. The Hall–Kier alpha value is -1.58. The molecule has 0 aliphatic rings. The van der Waals surface area contributed by atoms with Crippen molar-refractivity contribution in [3.63, 3.8) is 0 Å². The molecule has 0 aromatic heterocycles. The Bertz CT molecular complexity index is 361. The first-order chi connectivity index (χ1) is 6.61. The predicted molar refractivity (Wildman–Crippen MR) is 49.0 cm³/mol. The number of esters is 1. The number of hydrogen-bond donors (Lipinski definition) is 0. The van der Waals surface area contributed by atoms with Gasteiger partial charge < -0.3 is 9.47 Å². The average Bonchev–Trinajstić information content (AvgIpc) is 2.21. The maximum Gasteiger partial charge on any atom is 0.340 e. The van der Waals surface area contributed by atoms with Crippen LogP contribution in [0, 0.1) is 12.7 Å². The molecule has 0 saturated carbocycles. The molecule has 1 rings (SSSR count). The van der Waals surface area contributed by atoms with E-state index in [2.05, 4.69) is 4.74 Å². The smallest absolute Gasteiger partial charge is 0.340 e. The molecule has 1 aromatic rings. The zero-order valence-corrected chi connectivity index (χ0v) is 8.26. The van der Waals surface area contributed by atoms with Gasteiger partial charge in [-0.3, -0.25) is 0 Å². The maximum absolute atomic E-state index is 13.5. The molecular formula is C10H11FO3. The second kappa shape index (κ2) is 4.09. The van der Waals surface area contributed by atoms with Crippen molar-refractivity contribution >= 4 is 5.97 Å². The first-order valence-corrected chi connectivity index (χ1v) is 4.03. The molecule has 0 saturated heterocycles. The lowest BCUT2D eigenvalue weighted by Crippen LogP contribution is -2.06. The summed E-state index contributed by atoms with van der Waals surface area (Å²) in [4.78, 5) is 11.1. The van der Waals surface area contributed by atoms with Crippen molar-refractivity contribution in [2.75, 3.05) is 14.2 Å². The highest BCUT2D eigenvalue weighted by Gasteiger charge is 2.16. The maximum atomic E-state index is 13.5. The second-order valence-corrected chi connectivity index (χ2v) is 2.75. The van der Waals surface area contributed by atoms with Crippen molar-refractivity contribution in [1.82, 2.24) is 0 Å². The third-order valence-corrected chi connectivity index (χ3v) is 1.96. The molecule has 0 amide bonds. The molecule has 0 N–H and O–H groups in total. The molecule has 14 heavy (non-hydrogen) atoms. The minimum absolute atomic E-state index is 0.0780. The summed E-state index contributed by atoms with van der Waals surface area (Å²) in [7, 11) is 2.65. The number of carbonyl (C=O) groups excluding carboxylic acids is 1. The van der Waals surface area contributed by atoms with Gasteiger partial charge in [0.15, 0.2) is 0 Å². The number of methoxy groups -OCH3 is 2. The van der Waals surface area contributed by atoms with Gasteiger partial charge in [0.2, 0.25) is 0 Å². The van der Waals surface area contributed by atoms with Crippen LogP contribution < -0.4 is 4.74 Å². The normalized spacial score (nSPS) is 9.71. The van der Waals surface area contributed by atoms with Crippen LogP contribution in [0.1, 0.15) is 15.9 Å². The molecule has 0 heterocycles. The SMILES string of the molecule is COC(=O)c1ccc(OC)c(C)c1F. The van der Waals surface area contributed by atoms with Gasteiger partial charge in [-0.25, -0.2) is 9.18 Å². The van der Waals surface area contributed by atoms with Gasteiger partial charge in [0, 0.05) is 5.56 Å². The van der Waals surface area contributed by atoms with Crippen molar-refractivity contribution in [3.05, 3.63) is 29.1 Å². The molecule has 0 aliphatic carbocycles. The molecule has 0 bridgehead atoms. The molecule has 0 atom stereocenters. The van der Waals surface area contributed by atoms with E-state index in [0.717, 1.165) is 0 Å². The summed E-state index contributed by atoms with van der Waals surface area (Å²) in [5, 5.41) is 0. The summed E-state index contributed by atoms with van der Waals surface area (Å²) in [5.41, 5.74) is 0.223. The van der Waals surface area contributed by atoms with Crippen LogP contribution in [0.25, 0.3) is 0 Å². The van der Waals surface area contributed by atoms with Crippen LogP contribution in [0.4, 0.5) is 4.39 Å². The zero-order chi connectivity index (χ0) is 10.7. The Morgan fingerprint density at radius 1 is 1.36 bits per heavy atom. The molecule has 0 spiro atoms. The van der Waals surface area contributed by atoms with Gasteiger partial charge in [0.1, 0.15) is 11.6 Å². The topological polar surface area (TPSA) is 35.5 Å². The minimum atomic E-state index is -0.687. The Labute approximate surface area is 81.4 Å². The lowest BCUT2D eigenvalue weighted by Gasteiger charge is -2.08. The summed E-state index contributed by atoms with van der Waals surface area (Å²) in [6, 6.07) is 2.87. The van der Waals surface area contributed by atoms with Gasteiger partial charge in [-0.2, -0.15) is 0 Å². The van der Waals surface area contributed by atoms with Gasteiger partial charge in [-0.05, 0) is 19.1 Å². The lowest BCUT2D eigenvalue weighted by atomic mass is 10.1. The van der Waals surface area contributed by atoms with Crippen LogP contribution in [0.5, 0.6) is 5.75 Å². The van der Waals surface area contributed by atoms with Crippen LogP contribution in [0.3, 0.4) is 0 Å². The van der Waals surface area contributed by atoms with Crippen molar-refractivity contribution in [2.45, 2.75) is 6.92 Å². The van der Waals surface area contributed by atoms with E-state index in [1.165, 1.54) is 26.4 Å². The van der Waals surface area contributed by atoms with E-state index in [9.17, 15) is 9.18 Å². The molecule has 0 fully saturated rings. The Morgan fingerprint density at radius 2 is 2.00 bits per heavy atom. The van der Waals surface area contributed by atoms with Crippen molar-refractivity contribution in [2.24, 2.45) is 0 Å². The minimum Gasteiger partial charge on any atom is -0.496 e. The Kier molecular flexibility index (Phi) is 3.06. The second-order valence-electron chi connectivity index (χ2n) is 2.75. The summed E-state index contributed by atoms with van der Waals surface area (Å²) in [6.07, 6.45) is 0. The average molecular weight is 198 g/mol. The Balaban J connectivity index is 3.24. The van der Waals surface area contributed by atoms with Crippen molar-refractivity contribution in [3.8, 4) is 5.75 Å². The highest BCUT2D eigenvalue weighted by atomic mass is 19.1. The standard InChI is InChI=1S/C10H11FO3/c1-6-8(13-2)5-4-7(9(6)11)10(12)14-3/h4-5H,1-3H3. The number of rotatable bonds is 2. The highest BCUT2D eigenvalue weighted by Crippen LogP contribution is 2.23. The van der Waals surface area contributed by atoms with E-state index in [-0.39, 0.29) is 5.56 Å². The number of carbonyl (C=O) groups is 1. The van der Waals surface area contributed by atoms with Crippen LogP contribution in [0.2, 0.25) is 0 Å². The van der Waals surface area contributed by atoms with Gasteiger partial charge in [-0.15, -0.1) is 0 Å². The summed E-state index contributed by atoms with van der Waals surface area (Å²) in [5.74, 6) is -0.875. The van der Waals surface area contributed by atoms with E-state index in [4.69, 9.17) is 4.74 Å². The summed E-state index contributed by atoms with van der Waals surface area (Å²) >= 11 is 0. The molecule has 0 radical (unpaired) electrons. The quantitative estimate of drug-likeness (QED) is 0.681. The Morgan fingerprint density at radius 3 is 2.50 bits per heavy atom. The van der Waals surface area contributed by atoms with Crippen LogP contribution in [-0.4, -0.2) is 20.2 Å². The monoisotopic (exact) mass is 198 g/mol. The van der Waals surface area contributed by atoms with Crippen molar-refractivity contribution in [1.29, 1.82) is 0 Å². The number of ether oxygens (including phenoxy) is 2. The largest absolute Gasteiger partial charge is 0.496 e. The first-order valence-electron chi connectivity index (χ1n) is 4.03. The fourth-order valence-electron chi connectivity index (χ4n) is 1.16. The number of hydrogen-bond acceptors (Lipinski definition) is 3. The fourth-order valence-corrected chi connectivity index (χ4v) is 1.16. The third-order valence-electron chi connectivity index (χ3n) is 1.96. The van der Waals surface area contributed by atoms with Crippen LogP contribution in [-0.2, 0) is 4.74 Å². The lowest BCUT2D eigenvalue weighted by molar-refractivity contribution is 0.0595. The van der Waals surface area contributed by atoms with Crippen LogP contribution >= 0.6 is 0 Å². The first kappa shape index (κ1) is 10.5. The summed E-state index contributed by atoms with van der Waals surface area (Å²) in [6.45, 7) is 1.54. The number of halogens is 1. The summed E-state index contributed by atoms with van der Waals surface area (Å²) < 4.78 is 22.8. The fraction of sp³-hybridized carbons (Fsp3) is 0.300. The molecular weight excluding hydrogens is 187 g/mol. The van der Waals surface area contributed by atoms with Gasteiger partial charge >= 0.3 is 5.97 Å². The van der Waals surface area contributed by atoms with E-state index in [1.54, 1.807) is 6.92 Å². The highest BCUT2D eigenvalue weighted by molar-refractivity contribution is 5.90. The van der Waals surface area contributed by atoms with Crippen molar-refractivity contribution < 1.29 is 18.7 Å². The zero-order valence-electron chi connectivity index (χ0n) is 8.26. The number of benzene rings is 1. The third kappa shape index (κ3) is 1.69. The van der Waals surface area contributed by atoms with Gasteiger partial charge in [0.25, 0.3) is 0 Å². The molecule has 1 aromatic carbocycles. The van der Waals surface area contributed by atoms with E-state index < -0.39 is 11.8 Å². The molecule has 0 unspecified atom stereocenters. The predicted octanol–water partition coefficient (Wildman–Crippen LogP) is 1.93. The molecule has 4 heteroatoms. The molecule has 3 nitrogen and oxygen atoms in total. The molecule has 0 aliphatic heterocycles. The van der Waals surface area contributed by atoms with E-state index >= 15 is 0 Å².